The molecule has 0 aliphatic carbocycles. The van der Waals surface area contributed by atoms with E-state index in [1.54, 1.807) is 41.3 Å². The molecule has 1 aliphatic rings. The van der Waals surface area contributed by atoms with Crippen LogP contribution in [-0.4, -0.2) is 44.2 Å². The molecule has 1 aliphatic heterocycles. The highest BCUT2D eigenvalue weighted by molar-refractivity contribution is 7.89. The minimum atomic E-state index is -3.52. The summed E-state index contributed by atoms with van der Waals surface area (Å²) in [5.41, 5.74) is 2.79. The molecule has 0 bridgehead atoms. The summed E-state index contributed by atoms with van der Waals surface area (Å²) in [5.74, 6) is -0.159. The number of sulfonamides is 1. The van der Waals surface area contributed by atoms with Crippen LogP contribution in [0.5, 0.6) is 0 Å². The molecule has 2 aromatic rings. The van der Waals surface area contributed by atoms with Crippen molar-refractivity contribution in [3.63, 3.8) is 0 Å². The fourth-order valence-corrected chi connectivity index (χ4v) is 3.94. The van der Waals surface area contributed by atoms with Crippen LogP contribution >= 0.6 is 0 Å². The number of benzene rings is 2. The zero-order chi connectivity index (χ0) is 18.9. The van der Waals surface area contributed by atoms with Gasteiger partial charge < -0.3 is 4.90 Å². The number of nitriles is 1. The Morgan fingerprint density at radius 3 is 2.62 bits per heavy atom. The van der Waals surface area contributed by atoms with Gasteiger partial charge in [-0.1, -0.05) is 12.1 Å². The van der Waals surface area contributed by atoms with Crippen LogP contribution in [0.4, 0.5) is 0 Å². The number of rotatable bonds is 3. The van der Waals surface area contributed by atoms with Gasteiger partial charge in [-0.25, -0.2) is 12.7 Å². The second-order valence-corrected chi connectivity index (χ2v) is 8.54. The van der Waals surface area contributed by atoms with Crippen LogP contribution in [-0.2, 0) is 23.0 Å². The largest absolute Gasteiger partial charge is 0.334 e. The van der Waals surface area contributed by atoms with E-state index in [0.29, 0.717) is 30.6 Å². The van der Waals surface area contributed by atoms with Crippen molar-refractivity contribution in [2.24, 2.45) is 0 Å². The number of hydrogen-bond donors (Lipinski definition) is 0. The maximum absolute atomic E-state index is 12.8. The van der Waals surface area contributed by atoms with Crippen LogP contribution in [0.25, 0.3) is 0 Å². The molecule has 0 atom stereocenters. The highest BCUT2D eigenvalue weighted by atomic mass is 32.2. The van der Waals surface area contributed by atoms with E-state index in [2.05, 4.69) is 0 Å². The van der Waals surface area contributed by atoms with E-state index >= 15 is 0 Å². The predicted octanol–water partition coefficient (Wildman–Crippen LogP) is 2.01. The minimum Gasteiger partial charge on any atom is -0.334 e. The quantitative estimate of drug-likeness (QED) is 0.829. The highest BCUT2D eigenvalue weighted by Gasteiger charge is 2.25. The molecule has 7 heteroatoms. The molecule has 2 aromatic carbocycles. The van der Waals surface area contributed by atoms with Crippen molar-refractivity contribution in [3.05, 3.63) is 64.7 Å². The molecule has 134 valence electrons. The van der Waals surface area contributed by atoms with E-state index < -0.39 is 10.0 Å². The van der Waals surface area contributed by atoms with Gasteiger partial charge in [-0.2, -0.15) is 5.26 Å². The number of amides is 1. The molecule has 3 rings (SSSR count). The summed E-state index contributed by atoms with van der Waals surface area (Å²) < 4.78 is 25.9. The Bertz CT molecular complexity index is 1010. The molecule has 0 fully saturated rings. The Morgan fingerprint density at radius 2 is 1.92 bits per heavy atom. The Labute approximate surface area is 153 Å². The van der Waals surface area contributed by atoms with Crippen molar-refractivity contribution in [2.75, 3.05) is 20.6 Å². The SMILES string of the molecule is CN(C)S(=O)(=O)c1ccc2c(c1)CN(C(=O)c1cccc(C#N)c1)CC2. The monoisotopic (exact) mass is 369 g/mol. The van der Waals surface area contributed by atoms with Crippen LogP contribution in [0.3, 0.4) is 0 Å². The molecular formula is C19H19N3O3S. The van der Waals surface area contributed by atoms with E-state index in [-0.39, 0.29) is 10.8 Å². The summed E-state index contributed by atoms with van der Waals surface area (Å²) in [6.45, 7) is 0.907. The summed E-state index contributed by atoms with van der Waals surface area (Å²) in [7, 11) is -0.530. The molecular weight excluding hydrogens is 350 g/mol. The second-order valence-electron chi connectivity index (χ2n) is 6.39. The highest BCUT2D eigenvalue weighted by Crippen LogP contribution is 2.25. The zero-order valence-electron chi connectivity index (χ0n) is 14.6. The van der Waals surface area contributed by atoms with Crippen LogP contribution in [0.2, 0.25) is 0 Å². The van der Waals surface area contributed by atoms with Crippen molar-refractivity contribution in [2.45, 2.75) is 17.9 Å². The smallest absolute Gasteiger partial charge is 0.254 e. The molecule has 0 saturated heterocycles. The first-order valence-corrected chi connectivity index (χ1v) is 9.60. The first-order valence-electron chi connectivity index (χ1n) is 8.16. The van der Waals surface area contributed by atoms with E-state index in [9.17, 15) is 13.2 Å². The molecule has 0 N–H and O–H groups in total. The van der Waals surface area contributed by atoms with E-state index in [4.69, 9.17) is 5.26 Å². The van der Waals surface area contributed by atoms with Crippen molar-refractivity contribution in [1.29, 1.82) is 5.26 Å². The maximum atomic E-state index is 12.8. The molecule has 26 heavy (non-hydrogen) atoms. The van der Waals surface area contributed by atoms with Gasteiger partial charge in [-0.05, 0) is 47.9 Å². The molecule has 0 spiro atoms. The van der Waals surface area contributed by atoms with Crippen LogP contribution in [0, 0.1) is 11.3 Å². The average molecular weight is 369 g/mol. The third-order valence-corrected chi connectivity index (χ3v) is 6.31. The summed E-state index contributed by atoms with van der Waals surface area (Å²) >= 11 is 0. The number of fused-ring (bicyclic) bond motifs is 1. The molecule has 0 radical (unpaired) electrons. The zero-order valence-corrected chi connectivity index (χ0v) is 15.5. The lowest BCUT2D eigenvalue weighted by Crippen LogP contribution is -2.36. The van der Waals surface area contributed by atoms with E-state index in [1.807, 2.05) is 12.1 Å². The van der Waals surface area contributed by atoms with E-state index in [1.165, 1.54) is 18.4 Å². The van der Waals surface area contributed by atoms with E-state index in [0.717, 1.165) is 11.1 Å². The summed E-state index contributed by atoms with van der Waals surface area (Å²) in [5, 5.41) is 9.00. The number of hydrogen-bond acceptors (Lipinski definition) is 4. The average Bonchev–Trinajstić information content (AvgIpc) is 2.66. The third-order valence-electron chi connectivity index (χ3n) is 4.49. The van der Waals surface area contributed by atoms with Gasteiger partial charge in [-0.3, -0.25) is 4.79 Å². The lowest BCUT2D eigenvalue weighted by molar-refractivity contribution is 0.0734. The fourth-order valence-electron chi connectivity index (χ4n) is 2.98. The number of carbonyl (C=O) groups is 1. The number of nitrogens with zero attached hydrogens (tertiary/aromatic N) is 3. The topological polar surface area (TPSA) is 81.5 Å². The fraction of sp³-hybridized carbons (Fsp3) is 0.263. The maximum Gasteiger partial charge on any atom is 0.254 e. The normalized spacial score (nSPS) is 14.0. The lowest BCUT2D eigenvalue weighted by Gasteiger charge is -2.29. The molecule has 1 heterocycles. The standard InChI is InChI=1S/C19H19N3O3S/c1-21(2)26(24,25)18-7-6-15-8-9-22(13-17(15)11-18)19(23)16-5-3-4-14(10-16)12-20/h3-7,10-11H,8-9,13H2,1-2H3. The molecule has 6 nitrogen and oxygen atoms in total. The Kier molecular flexibility index (Phi) is 4.81. The van der Waals surface area contributed by atoms with Crippen molar-refractivity contribution < 1.29 is 13.2 Å². The van der Waals surface area contributed by atoms with Gasteiger partial charge in [0.25, 0.3) is 5.91 Å². The van der Waals surface area contributed by atoms with Crippen LogP contribution in [0.1, 0.15) is 27.0 Å². The summed E-state index contributed by atoms with van der Waals surface area (Å²) in [4.78, 5) is 14.7. The third kappa shape index (κ3) is 3.34. The van der Waals surface area contributed by atoms with Crippen molar-refractivity contribution >= 4 is 15.9 Å². The Balaban J connectivity index is 1.89. The van der Waals surface area contributed by atoms with Gasteiger partial charge in [0.15, 0.2) is 0 Å². The molecule has 1 amide bonds. The molecule has 0 aromatic heterocycles. The van der Waals surface area contributed by atoms with Crippen molar-refractivity contribution in [1.82, 2.24) is 9.21 Å². The summed E-state index contributed by atoms with van der Waals surface area (Å²) in [6, 6.07) is 13.7. The van der Waals surface area contributed by atoms with Crippen LogP contribution < -0.4 is 0 Å². The molecule has 0 saturated carbocycles. The Hall–Kier alpha value is -2.69. The van der Waals surface area contributed by atoms with Gasteiger partial charge in [-0.15, -0.1) is 0 Å². The van der Waals surface area contributed by atoms with Gasteiger partial charge in [0.2, 0.25) is 10.0 Å². The number of carbonyl (C=O) groups excluding carboxylic acids is 1. The van der Waals surface area contributed by atoms with Gasteiger partial charge in [0, 0.05) is 32.7 Å². The van der Waals surface area contributed by atoms with Gasteiger partial charge in [0.1, 0.15) is 0 Å². The van der Waals surface area contributed by atoms with Crippen LogP contribution in [0.15, 0.2) is 47.4 Å². The van der Waals surface area contributed by atoms with Gasteiger partial charge >= 0.3 is 0 Å². The minimum absolute atomic E-state index is 0.159. The lowest BCUT2D eigenvalue weighted by atomic mass is 9.99. The first kappa shape index (κ1) is 18.1. The first-order chi connectivity index (χ1) is 12.3. The van der Waals surface area contributed by atoms with Crippen molar-refractivity contribution in [3.8, 4) is 6.07 Å². The predicted molar refractivity (Wildman–Crippen MR) is 96.9 cm³/mol. The summed E-state index contributed by atoms with van der Waals surface area (Å²) in [6.07, 6.45) is 0.668. The Morgan fingerprint density at radius 1 is 1.15 bits per heavy atom. The molecule has 0 unspecified atom stereocenters. The second kappa shape index (κ2) is 6.90. The van der Waals surface area contributed by atoms with Gasteiger partial charge in [0.05, 0.1) is 16.5 Å².